The average Bonchev–Trinajstić information content (AvgIpc) is 2.60. The van der Waals surface area contributed by atoms with E-state index in [9.17, 15) is 4.79 Å². The van der Waals surface area contributed by atoms with Crippen LogP contribution in [-0.2, 0) is 11.2 Å². The molecule has 1 aromatic heterocycles. The summed E-state index contributed by atoms with van der Waals surface area (Å²) in [7, 11) is 0. The highest BCUT2D eigenvalue weighted by atomic mass is 35.5. The molecule has 1 aromatic carbocycles. The van der Waals surface area contributed by atoms with Gasteiger partial charge >= 0.3 is 6.01 Å². The summed E-state index contributed by atoms with van der Waals surface area (Å²) in [6, 6.07) is 9.81. The molecule has 0 atom stereocenters. The molecule has 0 aliphatic heterocycles. The molecule has 1 aliphatic rings. The second-order valence-corrected chi connectivity index (χ2v) is 6.37. The number of hydrogen-bond acceptors (Lipinski definition) is 4. The van der Waals surface area contributed by atoms with Crippen LogP contribution in [0.3, 0.4) is 0 Å². The van der Waals surface area contributed by atoms with E-state index in [0.29, 0.717) is 17.5 Å². The fourth-order valence-corrected chi connectivity index (χ4v) is 3.12. The van der Waals surface area contributed by atoms with Crippen LogP contribution in [0.25, 0.3) is 0 Å². The second kappa shape index (κ2) is 8.11. The zero-order chi connectivity index (χ0) is 16.8. The lowest BCUT2D eigenvalue weighted by Crippen LogP contribution is -2.40. The Kier molecular flexibility index (Phi) is 5.64. The minimum Gasteiger partial charge on any atom is -0.460 e. The third kappa shape index (κ3) is 4.68. The van der Waals surface area contributed by atoms with E-state index in [1.807, 2.05) is 18.2 Å². The van der Waals surface area contributed by atoms with Crippen LogP contribution in [0.2, 0.25) is 5.02 Å². The minimum absolute atomic E-state index is 0.0128. The normalized spacial score (nSPS) is 20.4. The molecule has 1 heterocycles. The number of carbonyl (C=O) groups excluding carboxylic acids is 1. The Morgan fingerprint density at radius 1 is 1.12 bits per heavy atom. The summed E-state index contributed by atoms with van der Waals surface area (Å²) < 4.78 is 5.77. The van der Waals surface area contributed by atoms with Gasteiger partial charge in [-0.1, -0.05) is 29.8 Å². The molecule has 0 bridgehead atoms. The lowest BCUT2D eigenvalue weighted by Gasteiger charge is -2.28. The molecule has 0 unspecified atom stereocenters. The predicted molar refractivity (Wildman–Crippen MR) is 92.0 cm³/mol. The lowest BCUT2D eigenvalue weighted by atomic mass is 9.93. The van der Waals surface area contributed by atoms with Gasteiger partial charge in [0.25, 0.3) is 0 Å². The van der Waals surface area contributed by atoms with Crippen LogP contribution >= 0.6 is 11.6 Å². The Bertz CT molecular complexity index is 673. The Hall–Kier alpha value is -2.14. The van der Waals surface area contributed by atoms with E-state index in [2.05, 4.69) is 15.3 Å². The highest BCUT2D eigenvalue weighted by molar-refractivity contribution is 6.31. The molecule has 5 nitrogen and oxygen atoms in total. The minimum atomic E-state index is 0.0128. The fourth-order valence-electron chi connectivity index (χ4n) is 2.91. The number of nitrogens with one attached hydrogen (secondary N) is 1. The van der Waals surface area contributed by atoms with Crippen molar-refractivity contribution < 1.29 is 9.53 Å². The molecule has 1 aliphatic carbocycles. The third-order valence-electron chi connectivity index (χ3n) is 4.16. The van der Waals surface area contributed by atoms with Crippen LogP contribution in [-0.4, -0.2) is 28.0 Å². The van der Waals surface area contributed by atoms with E-state index in [1.165, 1.54) is 0 Å². The van der Waals surface area contributed by atoms with Crippen molar-refractivity contribution in [3.8, 4) is 6.01 Å². The Morgan fingerprint density at radius 3 is 2.54 bits per heavy atom. The van der Waals surface area contributed by atoms with E-state index in [1.54, 1.807) is 24.5 Å². The van der Waals surface area contributed by atoms with Crippen LogP contribution in [0.1, 0.15) is 31.2 Å². The monoisotopic (exact) mass is 345 g/mol. The summed E-state index contributed by atoms with van der Waals surface area (Å²) in [6.45, 7) is 0. The standard InChI is InChI=1S/C18H20ClN3O2/c19-16-5-2-1-4-13(16)12-17(23)22-14-6-8-15(9-7-14)24-18-20-10-3-11-21-18/h1-5,10-11,14-15H,6-9,12H2,(H,22,23). The van der Waals surface area contributed by atoms with Crippen molar-refractivity contribution in [3.63, 3.8) is 0 Å². The van der Waals surface area contributed by atoms with Gasteiger partial charge in [0.05, 0.1) is 6.42 Å². The quantitative estimate of drug-likeness (QED) is 0.904. The molecule has 6 heteroatoms. The predicted octanol–water partition coefficient (Wildman–Crippen LogP) is 3.18. The second-order valence-electron chi connectivity index (χ2n) is 5.96. The maximum absolute atomic E-state index is 12.2. The maximum Gasteiger partial charge on any atom is 0.316 e. The van der Waals surface area contributed by atoms with Crippen molar-refractivity contribution in [3.05, 3.63) is 53.3 Å². The van der Waals surface area contributed by atoms with E-state index in [-0.39, 0.29) is 18.1 Å². The topological polar surface area (TPSA) is 64.1 Å². The highest BCUT2D eigenvalue weighted by Gasteiger charge is 2.24. The SMILES string of the molecule is O=C(Cc1ccccc1Cl)NC1CCC(Oc2ncccn2)CC1. The number of ether oxygens (including phenoxy) is 1. The van der Waals surface area contributed by atoms with E-state index < -0.39 is 0 Å². The van der Waals surface area contributed by atoms with Gasteiger partial charge in [-0.15, -0.1) is 0 Å². The summed E-state index contributed by atoms with van der Waals surface area (Å²) in [5.74, 6) is 0.0128. The first-order valence-corrected chi connectivity index (χ1v) is 8.55. The molecule has 126 valence electrons. The van der Waals surface area contributed by atoms with Gasteiger partial charge in [0, 0.05) is 23.5 Å². The molecule has 0 radical (unpaired) electrons. The van der Waals surface area contributed by atoms with Crippen molar-refractivity contribution >= 4 is 17.5 Å². The molecule has 1 saturated carbocycles. The molecule has 24 heavy (non-hydrogen) atoms. The van der Waals surface area contributed by atoms with Gasteiger partial charge in [0.1, 0.15) is 6.10 Å². The number of nitrogens with zero attached hydrogens (tertiary/aromatic N) is 2. The number of rotatable bonds is 5. The zero-order valence-corrected chi connectivity index (χ0v) is 14.1. The number of carbonyl (C=O) groups is 1. The first-order chi connectivity index (χ1) is 11.7. The van der Waals surface area contributed by atoms with E-state index >= 15 is 0 Å². The van der Waals surface area contributed by atoms with Gasteiger partial charge < -0.3 is 10.1 Å². The fraction of sp³-hybridized carbons (Fsp3) is 0.389. The molecule has 2 aromatic rings. The van der Waals surface area contributed by atoms with Crippen LogP contribution < -0.4 is 10.1 Å². The number of hydrogen-bond donors (Lipinski definition) is 1. The van der Waals surface area contributed by atoms with Gasteiger partial charge in [-0.25, -0.2) is 9.97 Å². The average molecular weight is 346 g/mol. The smallest absolute Gasteiger partial charge is 0.316 e. The summed E-state index contributed by atoms with van der Waals surface area (Å²) in [5, 5.41) is 3.73. The molecule has 1 fully saturated rings. The van der Waals surface area contributed by atoms with Crippen LogP contribution in [0, 0.1) is 0 Å². The first-order valence-electron chi connectivity index (χ1n) is 8.17. The van der Waals surface area contributed by atoms with Gasteiger partial charge in [0.2, 0.25) is 5.91 Å². The van der Waals surface area contributed by atoms with Crippen molar-refractivity contribution in [1.29, 1.82) is 0 Å². The van der Waals surface area contributed by atoms with E-state index in [0.717, 1.165) is 31.2 Å². The van der Waals surface area contributed by atoms with E-state index in [4.69, 9.17) is 16.3 Å². The van der Waals surface area contributed by atoms with Crippen molar-refractivity contribution in [2.45, 2.75) is 44.2 Å². The molecular weight excluding hydrogens is 326 g/mol. The zero-order valence-electron chi connectivity index (χ0n) is 13.3. The van der Waals surface area contributed by atoms with Gasteiger partial charge in [-0.2, -0.15) is 0 Å². The Morgan fingerprint density at radius 2 is 1.83 bits per heavy atom. The molecule has 3 rings (SSSR count). The van der Waals surface area contributed by atoms with Gasteiger partial charge in [-0.05, 0) is 43.4 Å². The molecular formula is C18H20ClN3O2. The molecule has 0 saturated heterocycles. The number of halogens is 1. The number of benzene rings is 1. The van der Waals surface area contributed by atoms with Crippen LogP contribution in [0.5, 0.6) is 6.01 Å². The molecule has 1 N–H and O–H groups in total. The Balaban J connectivity index is 1.43. The summed E-state index contributed by atoms with van der Waals surface area (Å²) in [6.07, 6.45) is 7.33. The highest BCUT2D eigenvalue weighted by Crippen LogP contribution is 2.22. The summed E-state index contributed by atoms with van der Waals surface area (Å²) >= 11 is 6.10. The van der Waals surface area contributed by atoms with Gasteiger partial charge in [-0.3, -0.25) is 4.79 Å². The van der Waals surface area contributed by atoms with Crippen LogP contribution in [0.15, 0.2) is 42.7 Å². The number of aromatic nitrogens is 2. The van der Waals surface area contributed by atoms with Crippen molar-refractivity contribution in [2.24, 2.45) is 0 Å². The maximum atomic E-state index is 12.2. The number of amides is 1. The third-order valence-corrected chi connectivity index (χ3v) is 4.53. The van der Waals surface area contributed by atoms with Gasteiger partial charge in [0.15, 0.2) is 0 Å². The van der Waals surface area contributed by atoms with Crippen molar-refractivity contribution in [1.82, 2.24) is 15.3 Å². The molecule has 1 amide bonds. The van der Waals surface area contributed by atoms with Crippen molar-refractivity contribution in [2.75, 3.05) is 0 Å². The van der Waals surface area contributed by atoms with Crippen LogP contribution in [0.4, 0.5) is 0 Å². The summed E-state index contributed by atoms with van der Waals surface area (Å²) in [5.41, 5.74) is 0.856. The lowest BCUT2D eigenvalue weighted by molar-refractivity contribution is -0.121. The molecule has 0 spiro atoms. The largest absolute Gasteiger partial charge is 0.460 e. The Labute approximate surface area is 146 Å². The summed E-state index contributed by atoms with van der Waals surface area (Å²) in [4.78, 5) is 20.3. The first kappa shape index (κ1) is 16.7.